The predicted octanol–water partition coefficient (Wildman–Crippen LogP) is 1.54. The fourth-order valence-electron chi connectivity index (χ4n) is 0.850. The second-order valence-electron chi connectivity index (χ2n) is 2.62. The monoisotopic (exact) mass is 311 g/mol. The van der Waals surface area contributed by atoms with Gasteiger partial charge < -0.3 is 0 Å². The number of alkyl halides is 1. The van der Waals surface area contributed by atoms with E-state index in [1.807, 2.05) is 4.72 Å². The normalized spacial score (nSPS) is 11.1. The molecule has 0 fully saturated rings. The van der Waals surface area contributed by atoms with Crippen LogP contribution in [-0.2, 0) is 14.8 Å². The Morgan fingerprint density at radius 3 is 2.33 bits per heavy atom. The summed E-state index contributed by atoms with van der Waals surface area (Å²) in [6.45, 7) is 0. The number of carbonyl (C=O) groups excluding carboxylic acids is 1. The van der Waals surface area contributed by atoms with Crippen LogP contribution in [0.4, 0.5) is 0 Å². The van der Waals surface area contributed by atoms with Crippen LogP contribution < -0.4 is 4.72 Å². The van der Waals surface area contributed by atoms with Crippen molar-refractivity contribution >= 4 is 43.5 Å². The Hall–Kier alpha value is -0.590. The molecule has 0 aromatic heterocycles. The first kappa shape index (κ1) is 12.5. The van der Waals surface area contributed by atoms with Gasteiger partial charge in [-0.1, -0.05) is 27.5 Å². The molecule has 4 nitrogen and oxygen atoms in total. The van der Waals surface area contributed by atoms with Crippen LogP contribution in [0.1, 0.15) is 0 Å². The molecule has 1 amide bonds. The maximum absolute atomic E-state index is 11.5. The van der Waals surface area contributed by atoms with Crippen LogP contribution in [-0.4, -0.2) is 19.7 Å². The van der Waals surface area contributed by atoms with Crippen LogP contribution >= 0.6 is 27.5 Å². The highest BCUT2D eigenvalue weighted by atomic mass is 79.9. The Balaban J connectivity index is 2.96. The highest BCUT2D eigenvalue weighted by Crippen LogP contribution is 2.13. The zero-order valence-electron chi connectivity index (χ0n) is 7.41. The summed E-state index contributed by atoms with van der Waals surface area (Å²) < 4.78 is 24.9. The molecular weight excluding hydrogens is 306 g/mol. The minimum absolute atomic E-state index is 0.00111. The second-order valence-corrected chi connectivity index (χ2v) is 5.30. The van der Waals surface area contributed by atoms with Crippen LogP contribution in [0.3, 0.4) is 0 Å². The molecule has 0 saturated heterocycles. The zero-order chi connectivity index (χ0) is 11.5. The fraction of sp³-hybridized carbons (Fsp3) is 0.125. The molecule has 0 bridgehead atoms. The Bertz CT molecular complexity index is 457. The zero-order valence-corrected chi connectivity index (χ0v) is 10.6. The van der Waals surface area contributed by atoms with Gasteiger partial charge in [-0.2, -0.15) is 0 Å². The van der Waals surface area contributed by atoms with E-state index in [4.69, 9.17) is 11.6 Å². The summed E-state index contributed by atoms with van der Waals surface area (Å²) in [7, 11) is -3.78. The number of hydrogen-bond donors (Lipinski definition) is 1. The quantitative estimate of drug-likeness (QED) is 0.861. The molecule has 0 radical (unpaired) electrons. The molecule has 1 aromatic carbocycles. The molecule has 0 atom stereocenters. The smallest absolute Gasteiger partial charge is 0.264 e. The lowest BCUT2D eigenvalue weighted by atomic mass is 10.4. The van der Waals surface area contributed by atoms with Gasteiger partial charge in [0.1, 0.15) is 0 Å². The van der Waals surface area contributed by atoms with E-state index in [9.17, 15) is 13.2 Å². The van der Waals surface area contributed by atoms with Crippen molar-refractivity contribution < 1.29 is 13.2 Å². The molecule has 15 heavy (non-hydrogen) atoms. The average Bonchev–Trinajstić information content (AvgIpc) is 2.17. The summed E-state index contributed by atoms with van der Waals surface area (Å²) in [5, 5.41) is 0.362. The van der Waals surface area contributed by atoms with E-state index in [1.54, 1.807) is 0 Å². The summed E-state index contributed by atoms with van der Waals surface area (Å²) in [4.78, 5) is 10.9. The average molecular weight is 313 g/mol. The number of benzene rings is 1. The molecular formula is C8H7BrClNO3S. The molecule has 0 saturated carbocycles. The van der Waals surface area contributed by atoms with Gasteiger partial charge in [-0.3, -0.25) is 4.79 Å². The van der Waals surface area contributed by atoms with Gasteiger partial charge in [0.05, 0.1) is 10.2 Å². The fourth-order valence-corrected chi connectivity index (χ4v) is 2.29. The highest BCUT2D eigenvalue weighted by molar-refractivity contribution is 9.09. The van der Waals surface area contributed by atoms with Crippen LogP contribution in [0.2, 0.25) is 5.02 Å². The number of nitrogens with one attached hydrogen (secondary N) is 1. The lowest BCUT2D eigenvalue weighted by Gasteiger charge is -2.04. The van der Waals surface area contributed by atoms with E-state index < -0.39 is 15.9 Å². The molecule has 1 rings (SSSR count). The van der Waals surface area contributed by atoms with Crippen molar-refractivity contribution in [1.82, 2.24) is 4.72 Å². The lowest BCUT2D eigenvalue weighted by Crippen LogP contribution is -2.31. The number of halogens is 2. The Kier molecular flexibility index (Phi) is 4.12. The minimum Gasteiger partial charge on any atom is -0.273 e. The maximum atomic E-state index is 11.5. The third-order valence-corrected chi connectivity index (χ3v) is 3.64. The van der Waals surface area contributed by atoms with Gasteiger partial charge in [0.15, 0.2) is 0 Å². The van der Waals surface area contributed by atoms with Gasteiger partial charge in [-0.25, -0.2) is 13.1 Å². The third kappa shape index (κ3) is 3.48. The first-order chi connectivity index (χ1) is 6.95. The van der Waals surface area contributed by atoms with Gasteiger partial charge in [-0.05, 0) is 24.3 Å². The Labute approximate surface area is 101 Å². The van der Waals surface area contributed by atoms with Crippen molar-refractivity contribution in [2.45, 2.75) is 4.90 Å². The summed E-state index contributed by atoms with van der Waals surface area (Å²) in [6.07, 6.45) is 0. The molecule has 7 heteroatoms. The van der Waals surface area contributed by atoms with Gasteiger partial charge in [0.25, 0.3) is 10.0 Å². The number of hydrogen-bond acceptors (Lipinski definition) is 3. The van der Waals surface area contributed by atoms with Crippen molar-refractivity contribution in [3.8, 4) is 0 Å². The third-order valence-electron chi connectivity index (χ3n) is 1.49. The SMILES string of the molecule is O=C(CBr)NS(=O)(=O)c1ccc(Cl)cc1. The van der Waals surface area contributed by atoms with E-state index in [-0.39, 0.29) is 10.2 Å². The lowest BCUT2D eigenvalue weighted by molar-refractivity contribution is -0.116. The van der Waals surface area contributed by atoms with Crippen molar-refractivity contribution in [2.24, 2.45) is 0 Å². The van der Waals surface area contributed by atoms with Crippen molar-refractivity contribution in [1.29, 1.82) is 0 Å². The van der Waals surface area contributed by atoms with E-state index >= 15 is 0 Å². The summed E-state index contributed by atoms with van der Waals surface area (Å²) in [6, 6.07) is 5.53. The van der Waals surface area contributed by atoms with Gasteiger partial charge >= 0.3 is 0 Å². The van der Waals surface area contributed by atoms with E-state index in [1.165, 1.54) is 24.3 Å². The molecule has 0 aliphatic carbocycles. The Morgan fingerprint density at radius 2 is 1.87 bits per heavy atom. The van der Waals surface area contributed by atoms with Gasteiger partial charge in [0, 0.05) is 5.02 Å². The molecule has 0 aliphatic rings. The van der Waals surface area contributed by atoms with Crippen LogP contribution in [0.5, 0.6) is 0 Å². The molecule has 0 spiro atoms. The van der Waals surface area contributed by atoms with Crippen LogP contribution in [0, 0.1) is 0 Å². The van der Waals surface area contributed by atoms with Crippen molar-refractivity contribution in [3.63, 3.8) is 0 Å². The van der Waals surface area contributed by atoms with Gasteiger partial charge in [-0.15, -0.1) is 0 Å². The first-order valence-electron chi connectivity index (χ1n) is 3.83. The number of sulfonamides is 1. The topological polar surface area (TPSA) is 63.2 Å². The minimum atomic E-state index is -3.78. The number of carbonyl (C=O) groups is 1. The number of amides is 1. The number of rotatable bonds is 3. The summed E-state index contributed by atoms with van der Waals surface area (Å²) in [5.74, 6) is -0.620. The highest BCUT2D eigenvalue weighted by Gasteiger charge is 2.16. The van der Waals surface area contributed by atoms with Gasteiger partial charge in [0.2, 0.25) is 5.91 Å². The van der Waals surface area contributed by atoms with Crippen molar-refractivity contribution in [2.75, 3.05) is 5.33 Å². The van der Waals surface area contributed by atoms with E-state index in [0.717, 1.165) is 0 Å². The Morgan fingerprint density at radius 1 is 1.33 bits per heavy atom. The van der Waals surface area contributed by atoms with Crippen LogP contribution in [0.15, 0.2) is 29.2 Å². The van der Waals surface area contributed by atoms with E-state index in [2.05, 4.69) is 15.9 Å². The predicted molar refractivity (Wildman–Crippen MR) is 60.6 cm³/mol. The summed E-state index contributed by atoms with van der Waals surface area (Å²) in [5.41, 5.74) is 0. The molecule has 0 heterocycles. The van der Waals surface area contributed by atoms with E-state index in [0.29, 0.717) is 5.02 Å². The standard InChI is InChI=1S/C8H7BrClNO3S/c9-5-8(12)11-15(13,14)7-3-1-6(10)2-4-7/h1-4H,5H2,(H,11,12). The molecule has 1 aromatic rings. The molecule has 0 unspecified atom stereocenters. The maximum Gasteiger partial charge on any atom is 0.264 e. The first-order valence-corrected chi connectivity index (χ1v) is 6.81. The molecule has 82 valence electrons. The summed E-state index contributed by atoms with van der Waals surface area (Å²) >= 11 is 8.46. The van der Waals surface area contributed by atoms with Crippen molar-refractivity contribution in [3.05, 3.63) is 29.3 Å². The molecule has 1 N–H and O–H groups in total. The molecule has 0 aliphatic heterocycles. The second kappa shape index (κ2) is 4.96. The van der Waals surface area contributed by atoms with Crippen LogP contribution in [0.25, 0.3) is 0 Å². The largest absolute Gasteiger partial charge is 0.273 e.